The zero-order valence-corrected chi connectivity index (χ0v) is 13.7. The van der Waals surface area contributed by atoms with Gasteiger partial charge in [0.15, 0.2) is 11.5 Å². The second-order valence-electron chi connectivity index (χ2n) is 5.36. The Hall–Kier alpha value is -2.74. The smallest absolute Gasteiger partial charge is 0.338 e. The molecule has 7 nitrogen and oxygen atoms in total. The van der Waals surface area contributed by atoms with Crippen LogP contribution < -0.4 is 14.4 Å². The average Bonchev–Trinajstić information content (AvgIpc) is 2.86. The molecule has 4 rings (SSSR count). The van der Waals surface area contributed by atoms with Crippen LogP contribution in [-0.2, 0) is 0 Å². The first-order valence-corrected chi connectivity index (χ1v) is 7.98. The topological polar surface area (TPSA) is 77.2 Å². The summed E-state index contributed by atoms with van der Waals surface area (Å²) in [7, 11) is 3.36. The fourth-order valence-electron chi connectivity index (χ4n) is 2.77. The van der Waals surface area contributed by atoms with Gasteiger partial charge in [-0.05, 0) is 23.9 Å². The average molecular weight is 343 g/mol. The van der Waals surface area contributed by atoms with Crippen molar-refractivity contribution in [2.45, 2.75) is 10.1 Å². The van der Waals surface area contributed by atoms with Gasteiger partial charge in [-0.2, -0.15) is 0 Å². The highest BCUT2D eigenvalue weighted by Gasteiger charge is 2.47. The number of para-hydroxylation sites is 1. The summed E-state index contributed by atoms with van der Waals surface area (Å²) in [5.74, 6) is 0.764. The maximum atomic E-state index is 11.1. The van der Waals surface area contributed by atoms with E-state index < -0.39 is 10.1 Å². The Kier molecular flexibility index (Phi) is 3.17. The lowest BCUT2D eigenvalue weighted by molar-refractivity contribution is -0.385. The molecule has 0 saturated heterocycles. The van der Waals surface area contributed by atoms with E-state index in [1.807, 2.05) is 36.2 Å². The lowest BCUT2D eigenvalue weighted by Crippen LogP contribution is -2.46. The number of benzene rings is 2. The molecule has 0 amide bonds. The molecule has 1 unspecified atom stereocenters. The molecule has 8 heteroatoms. The van der Waals surface area contributed by atoms with E-state index in [2.05, 4.69) is 4.99 Å². The van der Waals surface area contributed by atoms with Crippen LogP contribution in [0.2, 0.25) is 0 Å². The molecule has 2 aromatic rings. The van der Waals surface area contributed by atoms with Crippen LogP contribution >= 0.6 is 11.8 Å². The van der Waals surface area contributed by atoms with Crippen molar-refractivity contribution >= 4 is 29.4 Å². The molecule has 0 fully saturated rings. The van der Waals surface area contributed by atoms with Crippen molar-refractivity contribution in [3.05, 3.63) is 52.1 Å². The second-order valence-corrected chi connectivity index (χ2v) is 6.54. The summed E-state index contributed by atoms with van der Waals surface area (Å²) < 4.78 is 11.5. The maximum absolute atomic E-state index is 11.1. The number of rotatable bonds is 2. The number of ether oxygens (including phenoxy) is 2. The lowest BCUT2D eigenvalue weighted by atomic mass is 10.1. The minimum atomic E-state index is -0.972. The summed E-state index contributed by atoms with van der Waals surface area (Å²) in [6, 6.07) is 10.7. The number of hydrogen-bond donors (Lipinski definition) is 0. The summed E-state index contributed by atoms with van der Waals surface area (Å²) in [6.07, 6.45) is 1.60. The standard InChI is InChI=1S/C16H13N3O4S/c1-18-12-5-3-4-6-14(12)24-16(18)17-9-10-7-11(19(20)21)8-13(22-2)15(10)23-16/h3-9H,1-2H3. The highest BCUT2D eigenvalue weighted by atomic mass is 32.2. The van der Waals surface area contributed by atoms with Gasteiger partial charge in [-0.15, -0.1) is 0 Å². The number of nitro groups is 1. The summed E-state index contributed by atoms with van der Waals surface area (Å²) in [5, 5.41) is 10.1. The van der Waals surface area contributed by atoms with E-state index in [0.29, 0.717) is 17.1 Å². The van der Waals surface area contributed by atoms with Crippen LogP contribution in [0.3, 0.4) is 0 Å². The van der Waals surface area contributed by atoms with E-state index >= 15 is 0 Å². The van der Waals surface area contributed by atoms with Crippen molar-refractivity contribution in [1.29, 1.82) is 0 Å². The Bertz CT molecular complexity index is 886. The highest BCUT2D eigenvalue weighted by Crippen LogP contribution is 2.53. The number of methoxy groups -OCH3 is 1. The molecule has 2 aromatic carbocycles. The molecule has 0 N–H and O–H groups in total. The molecule has 2 aliphatic heterocycles. The van der Waals surface area contributed by atoms with Gasteiger partial charge in [0.25, 0.3) is 5.69 Å². The first-order chi connectivity index (χ1) is 11.5. The number of aliphatic imine (C=N–C) groups is 1. The van der Waals surface area contributed by atoms with Crippen LogP contribution in [0.4, 0.5) is 11.4 Å². The highest BCUT2D eigenvalue weighted by molar-refractivity contribution is 8.01. The number of non-ortho nitro benzene ring substituents is 1. The van der Waals surface area contributed by atoms with Crippen LogP contribution in [0.5, 0.6) is 11.5 Å². The van der Waals surface area contributed by atoms with Crippen LogP contribution in [0.15, 0.2) is 46.3 Å². The van der Waals surface area contributed by atoms with Crippen molar-refractivity contribution in [2.24, 2.45) is 4.99 Å². The summed E-state index contributed by atoms with van der Waals surface area (Å²) in [4.78, 5) is 18.1. The van der Waals surface area contributed by atoms with Crippen molar-refractivity contribution in [3.63, 3.8) is 0 Å². The molecule has 2 aliphatic rings. The lowest BCUT2D eigenvalue weighted by Gasteiger charge is -2.35. The van der Waals surface area contributed by atoms with Crippen LogP contribution in [0.1, 0.15) is 5.56 Å². The van der Waals surface area contributed by atoms with Crippen LogP contribution in [0, 0.1) is 10.1 Å². The maximum Gasteiger partial charge on any atom is 0.338 e. The minimum Gasteiger partial charge on any atom is -0.493 e. The molecule has 122 valence electrons. The van der Waals surface area contributed by atoms with Gasteiger partial charge in [0, 0.05) is 29.8 Å². The van der Waals surface area contributed by atoms with Gasteiger partial charge in [-0.1, -0.05) is 12.1 Å². The fraction of sp³-hybridized carbons (Fsp3) is 0.188. The van der Waals surface area contributed by atoms with E-state index in [-0.39, 0.29) is 5.69 Å². The molecule has 0 aromatic heterocycles. The first-order valence-electron chi connectivity index (χ1n) is 7.16. The van der Waals surface area contributed by atoms with E-state index in [1.165, 1.54) is 31.0 Å². The third kappa shape index (κ3) is 2.03. The quantitative estimate of drug-likeness (QED) is 0.615. The SMILES string of the molecule is COc1cc([N+](=O)[O-])cc2c1OC1(N=C2)Sc2ccccc2N1C. The summed E-state index contributed by atoms with van der Waals surface area (Å²) in [6.45, 7) is 0. The van der Waals surface area contributed by atoms with E-state index in [4.69, 9.17) is 9.47 Å². The van der Waals surface area contributed by atoms with Crippen LogP contribution in [-0.4, -0.2) is 30.5 Å². The third-order valence-corrected chi connectivity index (χ3v) is 5.29. The predicted molar refractivity (Wildman–Crippen MR) is 91.3 cm³/mol. The molecule has 1 spiro atoms. The van der Waals surface area contributed by atoms with Gasteiger partial charge in [0.2, 0.25) is 0 Å². The number of nitrogens with zero attached hydrogens (tertiary/aromatic N) is 3. The third-order valence-electron chi connectivity index (χ3n) is 3.99. The second kappa shape index (κ2) is 5.13. The largest absolute Gasteiger partial charge is 0.493 e. The normalized spacial score (nSPS) is 20.5. The molecular formula is C16H13N3O4S. The van der Waals surface area contributed by atoms with Gasteiger partial charge in [0.05, 0.1) is 23.8 Å². The van der Waals surface area contributed by atoms with Gasteiger partial charge < -0.3 is 14.4 Å². The number of nitro benzene ring substituents is 1. The Morgan fingerprint density at radius 3 is 2.88 bits per heavy atom. The number of thioether (sulfide) groups is 1. The zero-order chi connectivity index (χ0) is 16.9. The fourth-order valence-corrected chi connectivity index (χ4v) is 3.98. The number of anilines is 1. The number of hydrogen-bond acceptors (Lipinski definition) is 7. The Morgan fingerprint density at radius 1 is 1.38 bits per heavy atom. The molecule has 2 heterocycles. The predicted octanol–water partition coefficient (Wildman–Crippen LogP) is 3.27. The van der Waals surface area contributed by atoms with Crippen LogP contribution in [0.25, 0.3) is 0 Å². The summed E-state index contributed by atoms with van der Waals surface area (Å²) >= 11 is 1.48. The van der Waals surface area contributed by atoms with Gasteiger partial charge in [0.1, 0.15) is 0 Å². The van der Waals surface area contributed by atoms with Gasteiger partial charge in [-0.3, -0.25) is 10.1 Å². The zero-order valence-electron chi connectivity index (χ0n) is 12.9. The molecule has 0 aliphatic carbocycles. The van der Waals surface area contributed by atoms with E-state index in [9.17, 15) is 10.1 Å². The van der Waals surface area contributed by atoms with Gasteiger partial charge in [-0.25, -0.2) is 4.99 Å². The van der Waals surface area contributed by atoms with Crippen molar-refractivity contribution in [2.75, 3.05) is 19.1 Å². The Labute approximate surface area is 142 Å². The van der Waals surface area contributed by atoms with E-state index in [0.717, 1.165) is 10.6 Å². The van der Waals surface area contributed by atoms with Crippen molar-refractivity contribution in [1.82, 2.24) is 0 Å². The molecule has 0 saturated carbocycles. The first kappa shape index (κ1) is 14.8. The minimum absolute atomic E-state index is 0.0627. The van der Waals surface area contributed by atoms with Crippen molar-refractivity contribution < 1.29 is 14.4 Å². The molecular weight excluding hydrogens is 330 g/mol. The number of fused-ring (bicyclic) bond motifs is 2. The molecule has 0 bridgehead atoms. The van der Waals surface area contributed by atoms with Crippen molar-refractivity contribution in [3.8, 4) is 11.5 Å². The molecule has 24 heavy (non-hydrogen) atoms. The Balaban J connectivity index is 1.80. The summed E-state index contributed by atoms with van der Waals surface area (Å²) in [5.41, 5.74) is 1.48. The molecule has 0 radical (unpaired) electrons. The Morgan fingerprint density at radius 2 is 2.17 bits per heavy atom. The molecule has 1 atom stereocenters. The van der Waals surface area contributed by atoms with Gasteiger partial charge >= 0.3 is 5.18 Å². The monoisotopic (exact) mass is 343 g/mol. The van der Waals surface area contributed by atoms with E-state index in [1.54, 1.807) is 6.21 Å².